The Morgan fingerprint density at radius 3 is 2.47 bits per heavy atom. The van der Waals surface area contributed by atoms with Crippen molar-refractivity contribution in [2.45, 2.75) is 46.1 Å². The summed E-state index contributed by atoms with van der Waals surface area (Å²) in [5.74, 6) is 0.280. The topological polar surface area (TPSA) is 24.9 Å². The van der Waals surface area contributed by atoms with Gasteiger partial charge in [0.2, 0.25) is 0 Å². The van der Waals surface area contributed by atoms with Crippen molar-refractivity contribution in [1.82, 2.24) is 10.3 Å². The molecule has 1 aromatic rings. The zero-order valence-corrected chi connectivity index (χ0v) is 11.0. The summed E-state index contributed by atoms with van der Waals surface area (Å²) in [6.45, 7) is 7.46. The van der Waals surface area contributed by atoms with Gasteiger partial charge in [-0.3, -0.25) is 4.98 Å². The first kappa shape index (κ1) is 14.1. The second-order valence-electron chi connectivity index (χ2n) is 4.44. The fourth-order valence-corrected chi connectivity index (χ4v) is 2.21. The Hall–Kier alpha value is -0.960. The molecular formula is C14H23FN2. The maximum atomic E-state index is 13.2. The van der Waals surface area contributed by atoms with Crippen LogP contribution >= 0.6 is 0 Å². The third kappa shape index (κ3) is 4.08. The molecule has 0 radical (unpaired) electrons. The first-order valence-corrected chi connectivity index (χ1v) is 6.56. The lowest BCUT2D eigenvalue weighted by atomic mass is 9.89. The quantitative estimate of drug-likeness (QED) is 0.783. The van der Waals surface area contributed by atoms with E-state index in [9.17, 15) is 4.39 Å². The van der Waals surface area contributed by atoms with Crippen molar-refractivity contribution in [2.75, 3.05) is 6.54 Å². The average molecular weight is 238 g/mol. The summed E-state index contributed by atoms with van der Waals surface area (Å²) in [6.07, 6.45) is 6.30. The maximum absolute atomic E-state index is 13.2. The highest BCUT2D eigenvalue weighted by Crippen LogP contribution is 2.27. The minimum Gasteiger partial charge on any atom is -0.310 e. The van der Waals surface area contributed by atoms with Gasteiger partial charge in [-0.1, -0.05) is 33.6 Å². The minimum absolute atomic E-state index is 0.216. The number of nitrogens with zero attached hydrogens (tertiary/aromatic N) is 1. The number of hydrogen-bond acceptors (Lipinski definition) is 2. The summed E-state index contributed by atoms with van der Waals surface area (Å²) in [5.41, 5.74) is 0.965. The standard InChI is InChI=1S/C14H23FN2/c1-4-7-17-14(11(5-2)6-3)12-8-13(15)10-16-9-12/h8-11,14,17H,4-7H2,1-3H3. The number of aromatic nitrogens is 1. The van der Waals surface area contributed by atoms with Crippen LogP contribution in [0.25, 0.3) is 0 Å². The molecule has 0 aromatic carbocycles. The summed E-state index contributed by atoms with van der Waals surface area (Å²) in [4.78, 5) is 3.95. The fraction of sp³-hybridized carbons (Fsp3) is 0.643. The van der Waals surface area contributed by atoms with Crippen molar-refractivity contribution >= 4 is 0 Å². The smallest absolute Gasteiger partial charge is 0.141 e. The SMILES string of the molecule is CCCNC(c1cncc(F)c1)C(CC)CC. The number of hydrogen-bond donors (Lipinski definition) is 1. The Morgan fingerprint density at radius 2 is 1.94 bits per heavy atom. The van der Waals surface area contributed by atoms with Crippen molar-refractivity contribution in [3.63, 3.8) is 0 Å². The van der Waals surface area contributed by atoms with Gasteiger partial charge in [-0.15, -0.1) is 0 Å². The highest BCUT2D eigenvalue weighted by molar-refractivity contribution is 5.16. The van der Waals surface area contributed by atoms with Gasteiger partial charge in [0.05, 0.1) is 6.20 Å². The normalized spacial score (nSPS) is 13.0. The highest BCUT2D eigenvalue weighted by atomic mass is 19.1. The van der Waals surface area contributed by atoms with E-state index in [-0.39, 0.29) is 11.9 Å². The Kier molecular flexibility index (Phi) is 6.12. The van der Waals surface area contributed by atoms with Gasteiger partial charge in [0.25, 0.3) is 0 Å². The molecule has 1 rings (SSSR count). The summed E-state index contributed by atoms with van der Waals surface area (Å²) in [7, 11) is 0. The first-order valence-electron chi connectivity index (χ1n) is 6.56. The molecule has 17 heavy (non-hydrogen) atoms. The van der Waals surface area contributed by atoms with Crippen molar-refractivity contribution in [1.29, 1.82) is 0 Å². The highest BCUT2D eigenvalue weighted by Gasteiger charge is 2.20. The van der Waals surface area contributed by atoms with Gasteiger partial charge in [-0.2, -0.15) is 0 Å². The molecule has 0 aliphatic heterocycles. The molecule has 0 aliphatic rings. The summed E-state index contributed by atoms with van der Waals surface area (Å²) in [5, 5.41) is 3.51. The fourth-order valence-electron chi connectivity index (χ4n) is 2.21. The molecule has 0 aliphatic carbocycles. The van der Waals surface area contributed by atoms with E-state index in [0.717, 1.165) is 31.4 Å². The third-order valence-corrected chi connectivity index (χ3v) is 3.22. The lowest BCUT2D eigenvalue weighted by Gasteiger charge is -2.26. The van der Waals surface area contributed by atoms with E-state index in [2.05, 4.69) is 31.1 Å². The molecule has 3 heteroatoms. The molecule has 1 unspecified atom stereocenters. The van der Waals surface area contributed by atoms with E-state index in [1.807, 2.05) is 0 Å². The molecule has 1 heterocycles. The predicted octanol–water partition coefficient (Wildman–Crippen LogP) is 3.70. The maximum Gasteiger partial charge on any atom is 0.141 e. The molecule has 0 saturated heterocycles. The Bertz CT molecular complexity index is 324. The monoisotopic (exact) mass is 238 g/mol. The molecule has 1 aromatic heterocycles. The second-order valence-corrected chi connectivity index (χ2v) is 4.44. The van der Waals surface area contributed by atoms with E-state index >= 15 is 0 Å². The summed E-state index contributed by atoms with van der Waals surface area (Å²) in [6, 6.07) is 1.81. The number of halogens is 1. The van der Waals surface area contributed by atoms with E-state index < -0.39 is 0 Å². The largest absolute Gasteiger partial charge is 0.310 e. The molecular weight excluding hydrogens is 215 g/mol. The molecule has 1 N–H and O–H groups in total. The molecule has 1 atom stereocenters. The molecule has 96 valence electrons. The van der Waals surface area contributed by atoms with Gasteiger partial charge < -0.3 is 5.32 Å². The van der Waals surface area contributed by atoms with Crippen LogP contribution in [0.3, 0.4) is 0 Å². The minimum atomic E-state index is -0.253. The predicted molar refractivity (Wildman–Crippen MR) is 69.3 cm³/mol. The Morgan fingerprint density at radius 1 is 1.24 bits per heavy atom. The molecule has 0 spiro atoms. The van der Waals surface area contributed by atoms with E-state index in [0.29, 0.717) is 5.92 Å². The molecule has 0 saturated carbocycles. The zero-order chi connectivity index (χ0) is 12.7. The van der Waals surface area contributed by atoms with E-state index in [4.69, 9.17) is 0 Å². The van der Waals surface area contributed by atoms with Crippen LogP contribution in [0.15, 0.2) is 18.5 Å². The Labute approximate surface area is 104 Å². The summed E-state index contributed by atoms with van der Waals surface area (Å²) < 4.78 is 13.2. The second kappa shape index (κ2) is 7.38. The van der Waals surface area contributed by atoms with Gasteiger partial charge in [-0.05, 0) is 30.5 Å². The van der Waals surface area contributed by atoms with Crippen LogP contribution in [0.1, 0.15) is 51.6 Å². The van der Waals surface area contributed by atoms with Crippen molar-refractivity contribution < 1.29 is 4.39 Å². The van der Waals surface area contributed by atoms with Crippen molar-refractivity contribution in [3.05, 3.63) is 29.8 Å². The van der Waals surface area contributed by atoms with Gasteiger partial charge in [0.15, 0.2) is 0 Å². The zero-order valence-electron chi connectivity index (χ0n) is 11.0. The molecule has 0 bridgehead atoms. The third-order valence-electron chi connectivity index (χ3n) is 3.22. The molecule has 0 amide bonds. The van der Waals surface area contributed by atoms with Crippen LogP contribution in [0.4, 0.5) is 4.39 Å². The lowest BCUT2D eigenvalue weighted by Crippen LogP contribution is -2.28. The van der Waals surface area contributed by atoms with Gasteiger partial charge in [-0.25, -0.2) is 4.39 Å². The van der Waals surface area contributed by atoms with Crippen molar-refractivity contribution in [3.8, 4) is 0 Å². The summed E-state index contributed by atoms with van der Waals surface area (Å²) >= 11 is 0. The number of rotatable bonds is 7. The van der Waals surface area contributed by atoms with Crippen LogP contribution in [-0.4, -0.2) is 11.5 Å². The lowest BCUT2D eigenvalue weighted by molar-refractivity contribution is 0.340. The van der Waals surface area contributed by atoms with Crippen LogP contribution in [-0.2, 0) is 0 Å². The number of nitrogens with one attached hydrogen (secondary N) is 1. The van der Waals surface area contributed by atoms with Crippen LogP contribution in [0.2, 0.25) is 0 Å². The Balaban J connectivity index is 2.88. The van der Waals surface area contributed by atoms with Gasteiger partial charge in [0, 0.05) is 12.2 Å². The van der Waals surface area contributed by atoms with Gasteiger partial charge >= 0.3 is 0 Å². The molecule has 0 fully saturated rings. The molecule has 2 nitrogen and oxygen atoms in total. The van der Waals surface area contributed by atoms with E-state index in [1.54, 1.807) is 12.3 Å². The average Bonchev–Trinajstić information content (AvgIpc) is 2.34. The van der Waals surface area contributed by atoms with Crippen molar-refractivity contribution in [2.24, 2.45) is 5.92 Å². The van der Waals surface area contributed by atoms with E-state index in [1.165, 1.54) is 6.20 Å². The van der Waals surface area contributed by atoms with Crippen LogP contribution < -0.4 is 5.32 Å². The first-order chi connectivity index (χ1) is 8.22. The van der Waals surface area contributed by atoms with Gasteiger partial charge in [0.1, 0.15) is 5.82 Å². The van der Waals surface area contributed by atoms with Crippen LogP contribution in [0.5, 0.6) is 0 Å². The van der Waals surface area contributed by atoms with Crippen LogP contribution in [0, 0.1) is 11.7 Å². The number of pyridine rings is 1.